The second kappa shape index (κ2) is 4.90. The molecule has 0 atom stereocenters. The summed E-state index contributed by atoms with van der Waals surface area (Å²) in [7, 11) is 1.13. The minimum Gasteiger partial charge on any atom is -0.459 e. The molecule has 0 spiro atoms. The van der Waals surface area contributed by atoms with Crippen molar-refractivity contribution in [3.63, 3.8) is 0 Å². The molecular weight excluding hydrogens is 216 g/mol. The van der Waals surface area contributed by atoms with Crippen LogP contribution in [0.2, 0.25) is 0 Å². The van der Waals surface area contributed by atoms with E-state index in [9.17, 15) is 13.6 Å². The van der Waals surface area contributed by atoms with Crippen LogP contribution >= 0.6 is 0 Å². The van der Waals surface area contributed by atoms with Gasteiger partial charge in [-0.1, -0.05) is 5.92 Å². The summed E-state index contributed by atoms with van der Waals surface area (Å²) in [5.74, 6) is 1.15. The van der Waals surface area contributed by atoms with Crippen molar-refractivity contribution in [2.24, 2.45) is 0 Å². The summed E-state index contributed by atoms with van der Waals surface area (Å²) < 4.78 is 29.8. The Labute approximate surface area is 90.3 Å². The van der Waals surface area contributed by atoms with Gasteiger partial charge in [-0.2, -0.15) is 5.26 Å². The number of halogens is 2. The number of hydrogen-bond acceptors (Lipinski definition) is 3. The minimum absolute atomic E-state index is 0.0631. The standard InChI is InChI=1S/C11H5F2NO2/c1-16-11(15)3-2-7-4-9(12)10(13)5-8(7)6-14/h4-5H,1H3. The van der Waals surface area contributed by atoms with Gasteiger partial charge < -0.3 is 4.74 Å². The third kappa shape index (κ3) is 2.55. The Morgan fingerprint density at radius 1 is 1.31 bits per heavy atom. The average molecular weight is 221 g/mol. The van der Waals surface area contributed by atoms with E-state index in [1.165, 1.54) is 0 Å². The van der Waals surface area contributed by atoms with Crippen LogP contribution in [0.4, 0.5) is 8.78 Å². The maximum atomic E-state index is 12.8. The molecule has 0 aliphatic carbocycles. The van der Waals surface area contributed by atoms with Gasteiger partial charge in [0.05, 0.1) is 12.7 Å². The molecule has 0 aliphatic heterocycles. The summed E-state index contributed by atoms with van der Waals surface area (Å²) >= 11 is 0. The topological polar surface area (TPSA) is 50.1 Å². The number of carbonyl (C=O) groups is 1. The number of carbonyl (C=O) groups excluding carboxylic acids is 1. The molecule has 0 saturated heterocycles. The van der Waals surface area contributed by atoms with Crippen molar-refractivity contribution in [1.82, 2.24) is 0 Å². The highest BCUT2D eigenvalue weighted by Gasteiger charge is 2.07. The summed E-state index contributed by atoms with van der Waals surface area (Å²) in [5, 5.41) is 8.63. The van der Waals surface area contributed by atoms with Crippen molar-refractivity contribution in [2.45, 2.75) is 0 Å². The van der Waals surface area contributed by atoms with Gasteiger partial charge >= 0.3 is 5.97 Å². The molecule has 0 aromatic heterocycles. The zero-order chi connectivity index (χ0) is 12.1. The Bertz CT molecular complexity index is 535. The van der Waals surface area contributed by atoms with E-state index in [1.807, 2.05) is 5.92 Å². The summed E-state index contributed by atoms with van der Waals surface area (Å²) in [6.07, 6.45) is 0. The molecule has 0 heterocycles. The van der Waals surface area contributed by atoms with E-state index in [1.54, 1.807) is 6.07 Å². The van der Waals surface area contributed by atoms with Crippen molar-refractivity contribution in [1.29, 1.82) is 5.26 Å². The number of methoxy groups -OCH3 is 1. The van der Waals surface area contributed by atoms with E-state index in [-0.39, 0.29) is 11.1 Å². The first-order valence-corrected chi connectivity index (χ1v) is 4.07. The zero-order valence-electron chi connectivity index (χ0n) is 8.17. The third-order valence-electron chi connectivity index (χ3n) is 1.67. The van der Waals surface area contributed by atoms with Crippen molar-refractivity contribution in [2.75, 3.05) is 7.11 Å². The lowest BCUT2D eigenvalue weighted by atomic mass is 10.1. The summed E-state index contributed by atoms with van der Waals surface area (Å²) in [6, 6.07) is 3.12. The molecule has 1 aromatic carbocycles. The normalized spacial score (nSPS) is 8.62. The van der Waals surface area contributed by atoms with E-state index in [0.29, 0.717) is 0 Å². The van der Waals surface area contributed by atoms with Crippen molar-refractivity contribution in [3.8, 4) is 17.9 Å². The van der Waals surface area contributed by atoms with Crippen LogP contribution in [0.3, 0.4) is 0 Å². The Hall–Kier alpha value is -2.40. The van der Waals surface area contributed by atoms with Crippen LogP contribution < -0.4 is 0 Å². The largest absolute Gasteiger partial charge is 0.459 e. The fourth-order valence-corrected chi connectivity index (χ4v) is 0.912. The highest BCUT2D eigenvalue weighted by Crippen LogP contribution is 2.13. The fourth-order valence-electron chi connectivity index (χ4n) is 0.912. The molecule has 3 nitrogen and oxygen atoms in total. The lowest BCUT2D eigenvalue weighted by Crippen LogP contribution is -1.96. The first kappa shape index (κ1) is 11.7. The Morgan fingerprint density at radius 3 is 2.38 bits per heavy atom. The summed E-state index contributed by atoms with van der Waals surface area (Å²) in [6.45, 7) is 0. The Balaban J connectivity index is 3.22. The highest BCUT2D eigenvalue weighted by molar-refractivity contribution is 5.89. The molecular formula is C11H5F2NO2. The van der Waals surface area contributed by atoms with Crippen molar-refractivity contribution >= 4 is 5.97 Å². The monoisotopic (exact) mass is 221 g/mol. The smallest absolute Gasteiger partial charge is 0.384 e. The number of nitrogens with zero attached hydrogens (tertiary/aromatic N) is 1. The van der Waals surface area contributed by atoms with Gasteiger partial charge in [0.15, 0.2) is 11.6 Å². The van der Waals surface area contributed by atoms with Gasteiger partial charge in [-0.05, 0) is 12.1 Å². The lowest BCUT2D eigenvalue weighted by molar-refractivity contribution is -0.133. The summed E-state index contributed by atoms with van der Waals surface area (Å²) in [4.78, 5) is 10.7. The van der Waals surface area contributed by atoms with E-state index in [0.717, 1.165) is 19.2 Å². The van der Waals surface area contributed by atoms with E-state index >= 15 is 0 Å². The number of hydrogen-bond donors (Lipinski definition) is 0. The molecule has 0 amide bonds. The highest BCUT2D eigenvalue weighted by atomic mass is 19.2. The molecule has 0 bridgehead atoms. The molecule has 0 aliphatic rings. The molecule has 16 heavy (non-hydrogen) atoms. The second-order valence-corrected chi connectivity index (χ2v) is 2.67. The quantitative estimate of drug-likeness (QED) is 0.491. The first-order valence-electron chi connectivity index (χ1n) is 4.07. The Kier molecular flexibility index (Phi) is 3.58. The van der Waals surface area contributed by atoms with Gasteiger partial charge in [-0.25, -0.2) is 13.6 Å². The summed E-state index contributed by atoms with van der Waals surface area (Å²) in [5.41, 5.74) is -0.206. The Morgan fingerprint density at radius 2 is 1.88 bits per heavy atom. The van der Waals surface area contributed by atoms with E-state index in [2.05, 4.69) is 10.7 Å². The van der Waals surface area contributed by atoms with E-state index in [4.69, 9.17) is 5.26 Å². The predicted octanol–water partition coefficient (Wildman–Crippen LogP) is 1.36. The van der Waals surface area contributed by atoms with Crippen LogP contribution in [-0.4, -0.2) is 13.1 Å². The van der Waals surface area contributed by atoms with Crippen molar-refractivity contribution in [3.05, 3.63) is 34.9 Å². The number of benzene rings is 1. The number of rotatable bonds is 0. The molecule has 1 aromatic rings. The lowest BCUT2D eigenvalue weighted by Gasteiger charge is -1.96. The van der Waals surface area contributed by atoms with Crippen LogP contribution in [0, 0.1) is 34.8 Å². The van der Waals surface area contributed by atoms with Gasteiger partial charge in [0.2, 0.25) is 0 Å². The number of ether oxygens (including phenoxy) is 1. The van der Waals surface area contributed by atoms with Crippen LogP contribution in [0.1, 0.15) is 11.1 Å². The molecule has 0 radical (unpaired) electrons. The van der Waals surface area contributed by atoms with Gasteiger partial charge in [0.1, 0.15) is 6.07 Å². The maximum absolute atomic E-state index is 12.8. The minimum atomic E-state index is -1.14. The average Bonchev–Trinajstić information content (AvgIpc) is 2.29. The molecule has 0 fully saturated rings. The number of nitriles is 1. The molecule has 80 valence electrons. The van der Waals surface area contributed by atoms with Gasteiger partial charge in [-0.15, -0.1) is 0 Å². The van der Waals surface area contributed by atoms with E-state index < -0.39 is 17.6 Å². The van der Waals surface area contributed by atoms with Crippen molar-refractivity contribution < 1.29 is 18.3 Å². The van der Waals surface area contributed by atoms with Crippen LogP contribution in [0.15, 0.2) is 12.1 Å². The fraction of sp³-hybridized carbons (Fsp3) is 0.0909. The zero-order valence-corrected chi connectivity index (χ0v) is 8.17. The SMILES string of the molecule is COC(=O)C#Cc1cc(F)c(F)cc1C#N. The number of esters is 1. The molecule has 0 unspecified atom stereocenters. The predicted molar refractivity (Wildman–Crippen MR) is 50.0 cm³/mol. The molecule has 1 rings (SSSR count). The molecule has 5 heteroatoms. The van der Waals surface area contributed by atoms with Crippen LogP contribution in [0.25, 0.3) is 0 Å². The van der Waals surface area contributed by atoms with Gasteiger partial charge in [0, 0.05) is 11.5 Å². The first-order chi connectivity index (χ1) is 7.58. The second-order valence-electron chi connectivity index (χ2n) is 2.67. The third-order valence-corrected chi connectivity index (χ3v) is 1.67. The molecule has 0 saturated carbocycles. The van der Waals surface area contributed by atoms with Gasteiger partial charge in [-0.3, -0.25) is 0 Å². The van der Waals surface area contributed by atoms with Crippen LogP contribution in [0.5, 0.6) is 0 Å². The van der Waals surface area contributed by atoms with Gasteiger partial charge in [0.25, 0.3) is 0 Å². The van der Waals surface area contributed by atoms with Crippen LogP contribution in [-0.2, 0) is 9.53 Å². The molecule has 0 N–H and O–H groups in total. The maximum Gasteiger partial charge on any atom is 0.384 e.